The maximum Gasteiger partial charge on any atom is 0.276 e. The second-order valence-electron chi connectivity index (χ2n) is 4.53. The summed E-state index contributed by atoms with van der Waals surface area (Å²) in [5, 5.41) is 3.15. The Bertz CT molecular complexity index is 611. The van der Waals surface area contributed by atoms with E-state index in [2.05, 4.69) is 10.3 Å². The van der Waals surface area contributed by atoms with Gasteiger partial charge >= 0.3 is 0 Å². The van der Waals surface area contributed by atoms with E-state index in [1.54, 1.807) is 31.3 Å². The molecule has 0 saturated carbocycles. The van der Waals surface area contributed by atoms with Crippen molar-refractivity contribution in [2.75, 3.05) is 30.9 Å². The van der Waals surface area contributed by atoms with Crippen molar-refractivity contribution < 1.29 is 9.53 Å². The molecule has 0 saturated heterocycles. The van der Waals surface area contributed by atoms with Gasteiger partial charge in [-0.15, -0.1) is 0 Å². The highest BCUT2D eigenvalue weighted by molar-refractivity contribution is 6.04. The zero-order valence-electron chi connectivity index (χ0n) is 12.5. The Labute approximate surface area is 124 Å². The van der Waals surface area contributed by atoms with Crippen molar-refractivity contribution in [1.82, 2.24) is 4.98 Å². The summed E-state index contributed by atoms with van der Waals surface area (Å²) in [4.78, 5) is 18.2. The molecule has 0 bridgehead atoms. The fourth-order valence-corrected chi connectivity index (χ4v) is 1.94. The summed E-state index contributed by atoms with van der Waals surface area (Å²) < 4.78 is 5.17. The first-order valence-corrected chi connectivity index (χ1v) is 6.77. The number of benzene rings is 1. The minimum Gasteiger partial charge on any atom is -0.497 e. The molecule has 0 atom stereocenters. The molecular weight excluding hydrogens is 266 g/mol. The maximum absolute atomic E-state index is 12.4. The number of hydrogen-bond acceptors (Lipinski definition) is 4. The summed E-state index contributed by atoms with van der Waals surface area (Å²) in [6.45, 7) is 2.83. The lowest BCUT2D eigenvalue weighted by Gasteiger charge is -2.17. The SMILES string of the molecule is CCNc1ccc(C(=O)N(C)c2cccc(OC)c2)nc1. The number of carbonyl (C=O) groups excluding carboxylic acids is 1. The van der Waals surface area contributed by atoms with E-state index >= 15 is 0 Å². The first-order chi connectivity index (χ1) is 10.2. The van der Waals surface area contributed by atoms with Gasteiger partial charge in [-0.3, -0.25) is 4.79 Å². The molecule has 1 amide bonds. The van der Waals surface area contributed by atoms with Gasteiger partial charge in [0.15, 0.2) is 0 Å². The molecule has 1 N–H and O–H groups in total. The summed E-state index contributed by atoms with van der Waals surface area (Å²) in [5.74, 6) is 0.550. The smallest absolute Gasteiger partial charge is 0.276 e. The zero-order chi connectivity index (χ0) is 15.2. The quantitative estimate of drug-likeness (QED) is 0.917. The molecule has 1 aromatic heterocycles. The number of hydrogen-bond donors (Lipinski definition) is 1. The highest BCUT2D eigenvalue weighted by Gasteiger charge is 2.15. The molecule has 0 aliphatic heterocycles. The molecule has 0 unspecified atom stereocenters. The number of aromatic nitrogens is 1. The van der Waals surface area contributed by atoms with Gasteiger partial charge in [0.2, 0.25) is 0 Å². The fourth-order valence-electron chi connectivity index (χ4n) is 1.94. The van der Waals surface area contributed by atoms with Crippen LogP contribution in [0.4, 0.5) is 11.4 Å². The van der Waals surface area contributed by atoms with Crippen molar-refractivity contribution in [3.63, 3.8) is 0 Å². The van der Waals surface area contributed by atoms with Gasteiger partial charge in [0.1, 0.15) is 11.4 Å². The summed E-state index contributed by atoms with van der Waals surface area (Å²) in [5.41, 5.74) is 2.07. The molecule has 2 aromatic rings. The van der Waals surface area contributed by atoms with Gasteiger partial charge in [-0.25, -0.2) is 4.98 Å². The first-order valence-electron chi connectivity index (χ1n) is 6.77. The normalized spacial score (nSPS) is 10.0. The van der Waals surface area contributed by atoms with E-state index in [0.29, 0.717) is 11.4 Å². The molecule has 1 aromatic carbocycles. The van der Waals surface area contributed by atoms with Crippen LogP contribution in [-0.4, -0.2) is 31.6 Å². The van der Waals surface area contributed by atoms with Crippen LogP contribution in [-0.2, 0) is 0 Å². The minimum atomic E-state index is -0.161. The lowest BCUT2D eigenvalue weighted by Crippen LogP contribution is -2.27. The topological polar surface area (TPSA) is 54.5 Å². The van der Waals surface area contributed by atoms with Gasteiger partial charge in [0.25, 0.3) is 5.91 Å². The third-order valence-corrected chi connectivity index (χ3v) is 3.11. The third-order valence-electron chi connectivity index (χ3n) is 3.11. The number of pyridine rings is 1. The second kappa shape index (κ2) is 6.74. The molecule has 21 heavy (non-hydrogen) atoms. The Morgan fingerprint density at radius 2 is 2.14 bits per heavy atom. The van der Waals surface area contributed by atoms with Gasteiger partial charge in [0.05, 0.1) is 19.0 Å². The summed E-state index contributed by atoms with van der Waals surface area (Å²) >= 11 is 0. The number of nitrogens with zero attached hydrogens (tertiary/aromatic N) is 2. The van der Waals surface area contributed by atoms with Crippen LogP contribution in [0.2, 0.25) is 0 Å². The van der Waals surface area contributed by atoms with Crippen LogP contribution in [0.3, 0.4) is 0 Å². The summed E-state index contributed by atoms with van der Waals surface area (Å²) in [6.07, 6.45) is 1.66. The molecule has 5 nitrogen and oxygen atoms in total. The lowest BCUT2D eigenvalue weighted by molar-refractivity contribution is 0.0988. The number of anilines is 2. The van der Waals surface area contributed by atoms with E-state index < -0.39 is 0 Å². The fraction of sp³-hybridized carbons (Fsp3) is 0.250. The highest BCUT2D eigenvalue weighted by Crippen LogP contribution is 2.21. The van der Waals surface area contributed by atoms with E-state index in [1.807, 2.05) is 37.3 Å². The van der Waals surface area contributed by atoms with Crippen molar-refractivity contribution >= 4 is 17.3 Å². The Balaban J connectivity index is 2.17. The number of carbonyl (C=O) groups is 1. The van der Waals surface area contributed by atoms with E-state index in [4.69, 9.17) is 4.74 Å². The first kappa shape index (κ1) is 14.8. The molecule has 2 rings (SSSR count). The van der Waals surface area contributed by atoms with Gasteiger partial charge in [0, 0.05) is 25.3 Å². The molecule has 0 aliphatic carbocycles. The number of rotatable bonds is 5. The second-order valence-corrected chi connectivity index (χ2v) is 4.53. The zero-order valence-corrected chi connectivity index (χ0v) is 12.5. The monoisotopic (exact) mass is 285 g/mol. The Morgan fingerprint density at radius 1 is 1.33 bits per heavy atom. The van der Waals surface area contributed by atoms with Crippen LogP contribution >= 0.6 is 0 Å². The van der Waals surface area contributed by atoms with Crippen LogP contribution in [0.1, 0.15) is 17.4 Å². The van der Waals surface area contributed by atoms with Crippen LogP contribution in [0.25, 0.3) is 0 Å². The average Bonchev–Trinajstić information content (AvgIpc) is 2.54. The van der Waals surface area contributed by atoms with Crippen molar-refractivity contribution in [2.24, 2.45) is 0 Å². The van der Waals surface area contributed by atoms with E-state index in [1.165, 1.54) is 0 Å². The van der Waals surface area contributed by atoms with Gasteiger partial charge in [-0.2, -0.15) is 0 Å². The number of ether oxygens (including phenoxy) is 1. The summed E-state index contributed by atoms with van der Waals surface area (Å²) in [6, 6.07) is 10.9. The largest absolute Gasteiger partial charge is 0.497 e. The Hall–Kier alpha value is -2.56. The maximum atomic E-state index is 12.4. The molecular formula is C16H19N3O2. The standard InChI is InChI=1S/C16H19N3O2/c1-4-17-12-8-9-15(18-11-12)16(20)19(2)13-6-5-7-14(10-13)21-3/h5-11,17H,4H2,1-3H3. The molecule has 0 radical (unpaired) electrons. The molecule has 0 fully saturated rings. The number of nitrogens with one attached hydrogen (secondary N) is 1. The number of amides is 1. The molecule has 1 heterocycles. The molecule has 0 aliphatic rings. The Kier molecular flexibility index (Phi) is 4.77. The lowest BCUT2D eigenvalue weighted by atomic mass is 10.2. The predicted molar refractivity (Wildman–Crippen MR) is 84.1 cm³/mol. The van der Waals surface area contributed by atoms with Crippen molar-refractivity contribution in [3.05, 3.63) is 48.3 Å². The van der Waals surface area contributed by atoms with E-state index in [-0.39, 0.29) is 5.91 Å². The minimum absolute atomic E-state index is 0.161. The van der Waals surface area contributed by atoms with Gasteiger partial charge < -0.3 is 15.0 Å². The van der Waals surface area contributed by atoms with Crippen LogP contribution in [0.15, 0.2) is 42.6 Å². The predicted octanol–water partition coefficient (Wildman–Crippen LogP) is 2.80. The summed E-state index contributed by atoms with van der Waals surface area (Å²) in [7, 11) is 3.32. The average molecular weight is 285 g/mol. The molecule has 0 spiro atoms. The van der Waals surface area contributed by atoms with Gasteiger partial charge in [-0.1, -0.05) is 6.07 Å². The van der Waals surface area contributed by atoms with Crippen LogP contribution in [0, 0.1) is 0 Å². The van der Waals surface area contributed by atoms with Gasteiger partial charge in [-0.05, 0) is 31.2 Å². The van der Waals surface area contributed by atoms with E-state index in [0.717, 1.165) is 17.9 Å². The Morgan fingerprint density at radius 3 is 2.76 bits per heavy atom. The third kappa shape index (κ3) is 3.51. The van der Waals surface area contributed by atoms with Crippen LogP contribution < -0.4 is 15.0 Å². The number of methoxy groups -OCH3 is 1. The highest BCUT2D eigenvalue weighted by atomic mass is 16.5. The van der Waals surface area contributed by atoms with Crippen molar-refractivity contribution in [1.29, 1.82) is 0 Å². The van der Waals surface area contributed by atoms with Crippen LogP contribution in [0.5, 0.6) is 5.75 Å². The molecule has 5 heteroatoms. The van der Waals surface area contributed by atoms with Crippen molar-refractivity contribution in [3.8, 4) is 5.75 Å². The van der Waals surface area contributed by atoms with Crippen molar-refractivity contribution in [2.45, 2.75) is 6.92 Å². The van der Waals surface area contributed by atoms with E-state index in [9.17, 15) is 4.79 Å². The molecule has 110 valence electrons.